The second kappa shape index (κ2) is 8.73. The first-order chi connectivity index (χ1) is 8.34. The number of halogens is 1. The van der Waals surface area contributed by atoms with Crippen molar-refractivity contribution in [1.82, 2.24) is 10.6 Å². The summed E-state index contributed by atoms with van der Waals surface area (Å²) >= 11 is 0. The molecule has 18 heavy (non-hydrogen) atoms. The fourth-order valence-electron chi connectivity index (χ4n) is 2.59. The second-order valence-electron chi connectivity index (χ2n) is 5.26. The number of hydrogen-bond acceptors (Lipinski definition) is 3. The smallest absolute Gasteiger partial charge is 0.220 e. The van der Waals surface area contributed by atoms with Gasteiger partial charge < -0.3 is 15.4 Å². The van der Waals surface area contributed by atoms with Crippen LogP contribution in [0, 0.1) is 11.8 Å². The van der Waals surface area contributed by atoms with Crippen molar-refractivity contribution in [3.05, 3.63) is 0 Å². The number of hydrogen-bond donors (Lipinski definition) is 2. The Bertz CT molecular complexity index is 239. The molecule has 2 rings (SSSR count). The van der Waals surface area contributed by atoms with Crippen LogP contribution in [0.4, 0.5) is 0 Å². The molecule has 5 heteroatoms. The van der Waals surface area contributed by atoms with E-state index >= 15 is 0 Å². The summed E-state index contributed by atoms with van der Waals surface area (Å²) < 4.78 is 5.30. The molecule has 0 aromatic heterocycles. The largest absolute Gasteiger partial charge is 0.381 e. The lowest BCUT2D eigenvalue weighted by atomic mass is 10.00. The maximum atomic E-state index is 11.7. The van der Waals surface area contributed by atoms with E-state index in [-0.39, 0.29) is 18.3 Å². The van der Waals surface area contributed by atoms with E-state index in [1.165, 1.54) is 6.42 Å². The number of carbonyl (C=O) groups is 1. The Labute approximate surface area is 116 Å². The first-order valence-corrected chi connectivity index (χ1v) is 6.90. The van der Waals surface area contributed by atoms with Gasteiger partial charge in [-0.2, -0.15) is 0 Å². The van der Waals surface area contributed by atoms with Crippen LogP contribution in [0.3, 0.4) is 0 Å². The van der Waals surface area contributed by atoms with E-state index in [0.29, 0.717) is 18.3 Å². The van der Waals surface area contributed by atoms with Crippen molar-refractivity contribution in [2.24, 2.45) is 11.8 Å². The standard InChI is InChI=1S/C13H24N2O2.ClH/c16-13(2-1-11-3-6-14-9-11)15-10-12-4-7-17-8-5-12;/h11-12,14H,1-10H2,(H,15,16);1H. The van der Waals surface area contributed by atoms with Gasteiger partial charge in [-0.1, -0.05) is 0 Å². The van der Waals surface area contributed by atoms with E-state index in [2.05, 4.69) is 10.6 Å². The van der Waals surface area contributed by atoms with Gasteiger partial charge in [0.1, 0.15) is 0 Å². The highest BCUT2D eigenvalue weighted by Gasteiger charge is 2.17. The topological polar surface area (TPSA) is 50.4 Å². The molecule has 2 N–H and O–H groups in total. The van der Waals surface area contributed by atoms with Crippen molar-refractivity contribution in [3.63, 3.8) is 0 Å². The molecule has 2 fully saturated rings. The molecular weight excluding hydrogens is 252 g/mol. The Kier molecular flexibility index (Phi) is 7.63. The number of nitrogens with one attached hydrogen (secondary N) is 2. The molecule has 1 atom stereocenters. The first kappa shape index (κ1) is 15.7. The first-order valence-electron chi connectivity index (χ1n) is 6.90. The van der Waals surface area contributed by atoms with Crippen molar-refractivity contribution in [2.45, 2.75) is 32.1 Å². The average molecular weight is 277 g/mol. The van der Waals surface area contributed by atoms with Crippen LogP contribution in [0.25, 0.3) is 0 Å². The predicted octanol–water partition coefficient (Wildman–Crippen LogP) is 1.34. The fourth-order valence-corrected chi connectivity index (χ4v) is 2.59. The summed E-state index contributed by atoms with van der Waals surface area (Å²) in [6.07, 6.45) is 5.13. The summed E-state index contributed by atoms with van der Waals surface area (Å²) in [4.78, 5) is 11.7. The van der Waals surface area contributed by atoms with Crippen LogP contribution in [0.2, 0.25) is 0 Å². The Morgan fingerprint density at radius 2 is 2.00 bits per heavy atom. The molecule has 0 radical (unpaired) electrons. The number of ether oxygens (including phenoxy) is 1. The summed E-state index contributed by atoms with van der Waals surface area (Å²) in [7, 11) is 0. The van der Waals surface area contributed by atoms with Crippen molar-refractivity contribution in [2.75, 3.05) is 32.8 Å². The fraction of sp³-hybridized carbons (Fsp3) is 0.923. The molecule has 0 bridgehead atoms. The third kappa shape index (κ3) is 5.55. The van der Waals surface area contributed by atoms with E-state index in [1.807, 2.05) is 0 Å². The van der Waals surface area contributed by atoms with Crippen LogP contribution in [-0.2, 0) is 9.53 Å². The zero-order chi connectivity index (χ0) is 11.9. The Balaban J connectivity index is 0.00000162. The molecule has 0 aliphatic carbocycles. The summed E-state index contributed by atoms with van der Waals surface area (Å²) in [6, 6.07) is 0. The van der Waals surface area contributed by atoms with Crippen LogP contribution in [0.15, 0.2) is 0 Å². The molecule has 2 aliphatic heterocycles. The summed E-state index contributed by atoms with van der Waals surface area (Å²) in [5, 5.41) is 6.40. The van der Waals surface area contributed by atoms with E-state index in [1.54, 1.807) is 0 Å². The van der Waals surface area contributed by atoms with Crippen LogP contribution in [0.1, 0.15) is 32.1 Å². The van der Waals surface area contributed by atoms with Crippen molar-refractivity contribution in [3.8, 4) is 0 Å². The minimum Gasteiger partial charge on any atom is -0.381 e. The summed E-state index contributed by atoms with van der Waals surface area (Å²) in [6.45, 7) is 4.76. The average Bonchev–Trinajstić information content (AvgIpc) is 2.88. The van der Waals surface area contributed by atoms with Crippen molar-refractivity contribution in [1.29, 1.82) is 0 Å². The summed E-state index contributed by atoms with van der Waals surface area (Å²) in [5.41, 5.74) is 0. The molecule has 0 aromatic rings. The van der Waals surface area contributed by atoms with Crippen molar-refractivity contribution < 1.29 is 9.53 Å². The lowest BCUT2D eigenvalue weighted by molar-refractivity contribution is -0.121. The van der Waals surface area contributed by atoms with Crippen LogP contribution >= 0.6 is 12.4 Å². The highest BCUT2D eigenvalue weighted by Crippen LogP contribution is 2.15. The summed E-state index contributed by atoms with van der Waals surface area (Å²) in [5.74, 6) is 1.56. The van der Waals surface area contributed by atoms with Crippen molar-refractivity contribution >= 4 is 18.3 Å². The highest BCUT2D eigenvalue weighted by atomic mass is 35.5. The molecule has 2 aliphatic rings. The zero-order valence-electron chi connectivity index (χ0n) is 11.0. The van der Waals surface area contributed by atoms with E-state index in [0.717, 1.165) is 52.1 Å². The third-order valence-corrected chi connectivity index (χ3v) is 3.87. The van der Waals surface area contributed by atoms with Gasteiger partial charge in [0.05, 0.1) is 0 Å². The molecule has 106 valence electrons. The van der Waals surface area contributed by atoms with Gasteiger partial charge in [0.15, 0.2) is 0 Å². The van der Waals surface area contributed by atoms with E-state index < -0.39 is 0 Å². The molecule has 0 saturated carbocycles. The van der Waals surface area contributed by atoms with E-state index in [4.69, 9.17) is 4.74 Å². The maximum absolute atomic E-state index is 11.7. The van der Waals surface area contributed by atoms with Gasteiger partial charge in [-0.3, -0.25) is 4.79 Å². The molecule has 0 aromatic carbocycles. The van der Waals surface area contributed by atoms with E-state index in [9.17, 15) is 4.79 Å². The van der Waals surface area contributed by atoms with Gasteiger partial charge in [-0.15, -0.1) is 12.4 Å². The molecule has 2 heterocycles. The quantitative estimate of drug-likeness (QED) is 0.797. The second-order valence-corrected chi connectivity index (χ2v) is 5.26. The molecule has 4 nitrogen and oxygen atoms in total. The van der Waals surface area contributed by atoms with Crippen LogP contribution in [-0.4, -0.2) is 38.8 Å². The van der Waals surface area contributed by atoms with Crippen LogP contribution < -0.4 is 10.6 Å². The predicted molar refractivity (Wildman–Crippen MR) is 74.0 cm³/mol. The molecule has 1 unspecified atom stereocenters. The van der Waals surface area contributed by atoms with Gasteiger partial charge in [0.2, 0.25) is 5.91 Å². The lowest BCUT2D eigenvalue weighted by Crippen LogP contribution is -2.32. The van der Waals surface area contributed by atoms with Crippen LogP contribution in [0.5, 0.6) is 0 Å². The highest BCUT2D eigenvalue weighted by molar-refractivity contribution is 5.85. The molecular formula is C13H25ClN2O2. The zero-order valence-corrected chi connectivity index (χ0v) is 11.8. The lowest BCUT2D eigenvalue weighted by Gasteiger charge is -2.22. The number of carbonyl (C=O) groups excluding carboxylic acids is 1. The molecule has 0 spiro atoms. The number of rotatable bonds is 5. The van der Waals surface area contributed by atoms with Gasteiger partial charge in [-0.25, -0.2) is 0 Å². The molecule has 1 amide bonds. The Morgan fingerprint density at radius 1 is 1.22 bits per heavy atom. The third-order valence-electron chi connectivity index (χ3n) is 3.87. The van der Waals surface area contributed by atoms with Gasteiger partial charge in [0, 0.05) is 26.2 Å². The maximum Gasteiger partial charge on any atom is 0.220 e. The number of amides is 1. The Morgan fingerprint density at radius 3 is 2.67 bits per heavy atom. The minimum absolute atomic E-state index is 0. The van der Waals surface area contributed by atoms with Gasteiger partial charge >= 0.3 is 0 Å². The minimum atomic E-state index is 0. The molecule has 2 saturated heterocycles. The van der Waals surface area contributed by atoms with Gasteiger partial charge in [0.25, 0.3) is 0 Å². The van der Waals surface area contributed by atoms with Gasteiger partial charge in [-0.05, 0) is 50.6 Å². The normalized spacial score (nSPS) is 24.6. The monoisotopic (exact) mass is 276 g/mol. The SMILES string of the molecule is Cl.O=C(CCC1CCNC1)NCC1CCOCC1. The Hall–Kier alpha value is -0.320.